The first-order chi connectivity index (χ1) is 9.36. The first kappa shape index (κ1) is 15.8. The van der Waals surface area contributed by atoms with Crippen LogP contribution in [0.5, 0.6) is 0 Å². The summed E-state index contributed by atoms with van der Waals surface area (Å²) in [5, 5.41) is 0. The van der Waals surface area contributed by atoms with Crippen molar-refractivity contribution >= 4 is 12.4 Å². The van der Waals surface area contributed by atoms with E-state index in [1.165, 1.54) is 44.2 Å². The van der Waals surface area contributed by atoms with Gasteiger partial charge in [-0.25, -0.2) is 0 Å². The zero-order chi connectivity index (χ0) is 13.1. The Morgan fingerprint density at radius 2 is 1.80 bits per heavy atom. The molecule has 2 N–H and O–H groups in total. The molecule has 1 aliphatic carbocycles. The lowest BCUT2D eigenvalue weighted by molar-refractivity contribution is 0.134. The molecule has 20 heavy (non-hydrogen) atoms. The van der Waals surface area contributed by atoms with E-state index in [9.17, 15) is 0 Å². The van der Waals surface area contributed by atoms with Gasteiger partial charge in [-0.2, -0.15) is 0 Å². The van der Waals surface area contributed by atoms with Crippen LogP contribution in [0.1, 0.15) is 55.6 Å². The molecule has 3 rings (SSSR count). The van der Waals surface area contributed by atoms with Crippen LogP contribution in [0.4, 0.5) is 0 Å². The van der Waals surface area contributed by atoms with Gasteiger partial charge in [-0.05, 0) is 62.2 Å². The predicted octanol–water partition coefficient (Wildman–Crippen LogP) is 3.69. The topological polar surface area (TPSA) is 29.3 Å². The van der Waals surface area contributed by atoms with Gasteiger partial charge in [0.15, 0.2) is 0 Å². The number of benzene rings is 1. The number of hydrogen-bond acceptors (Lipinski definition) is 2. The van der Waals surface area contributed by atoms with Crippen molar-refractivity contribution in [2.75, 3.05) is 13.1 Å². The van der Waals surface area contributed by atoms with Crippen molar-refractivity contribution in [2.24, 2.45) is 5.73 Å². The zero-order valence-electron chi connectivity index (χ0n) is 12.3. The summed E-state index contributed by atoms with van der Waals surface area (Å²) in [7, 11) is 0. The van der Waals surface area contributed by atoms with Crippen LogP contribution in [-0.4, -0.2) is 24.0 Å². The van der Waals surface area contributed by atoms with Crippen LogP contribution >= 0.6 is 12.4 Å². The molecule has 1 atom stereocenters. The minimum Gasteiger partial charge on any atom is -0.330 e. The zero-order valence-corrected chi connectivity index (χ0v) is 13.1. The third-order valence-corrected chi connectivity index (χ3v) is 4.66. The number of rotatable bonds is 5. The fourth-order valence-corrected chi connectivity index (χ4v) is 3.33. The van der Waals surface area contributed by atoms with Crippen LogP contribution in [0, 0.1) is 0 Å². The minimum atomic E-state index is 0. The molecule has 0 spiro atoms. The molecule has 3 heteroatoms. The van der Waals surface area contributed by atoms with Gasteiger partial charge in [0.05, 0.1) is 0 Å². The molecule has 1 saturated heterocycles. The Morgan fingerprint density at radius 1 is 1.05 bits per heavy atom. The maximum Gasteiger partial charge on any atom is 0.0236 e. The van der Waals surface area contributed by atoms with E-state index in [-0.39, 0.29) is 12.4 Å². The molecule has 2 aliphatic rings. The maximum atomic E-state index is 5.75. The molecule has 1 aromatic carbocycles. The highest BCUT2D eigenvalue weighted by Crippen LogP contribution is 2.40. The lowest BCUT2D eigenvalue weighted by atomic mass is 9.98. The third-order valence-electron chi connectivity index (χ3n) is 4.66. The highest BCUT2D eigenvalue weighted by molar-refractivity contribution is 5.85. The number of likely N-dealkylation sites (tertiary alicyclic amines) is 1. The Kier molecular flexibility index (Phi) is 5.88. The molecule has 1 aliphatic heterocycles. The minimum absolute atomic E-state index is 0. The summed E-state index contributed by atoms with van der Waals surface area (Å²) < 4.78 is 0. The SMILES string of the molecule is Cl.NCCC1CCCCN1Cc1ccc(C2CC2)cc1. The van der Waals surface area contributed by atoms with Crippen molar-refractivity contribution in [3.05, 3.63) is 35.4 Å². The van der Waals surface area contributed by atoms with Crippen LogP contribution in [0.15, 0.2) is 24.3 Å². The normalized spacial score (nSPS) is 23.4. The summed E-state index contributed by atoms with van der Waals surface area (Å²) in [6, 6.07) is 10.1. The summed E-state index contributed by atoms with van der Waals surface area (Å²) >= 11 is 0. The second kappa shape index (κ2) is 7.44. The lowest BCUT2D eigenvalue weighted by Crippen LogP contribution is -2.40. The van der Waals surface area contributed by atoms with E-state index in [4.69, 9.17) is 5.73 Å². The molecule has 0 amide bonds. The number of hydrogen-bond donors (Lipinski definition) is 1. The van der Waals surface area contributed by atoms with Gasteiger partial charge in [-0.15, -0.1) is 12.4 Å². The predicted molar refractivity (Wildman–Crippen MR) is 87.4 cm³/mol. The number of halogens is 1. The van der Waals surface area contributed by atoms with Crippen LogP contribution in [-0.2, 0) is 6.54 Å². The average molecular weight is 295 g/mol. The molecule has 2 fully saturated rings. The molecule has 1 aromatic rings. The van der Waals surface area contributed by atoms with Gasteiger partial charge in [0.25, 0.3) is 0 Å². The fraction of sp³-hybridized carbons (Fsp3) is 0.647. The largest absolute Gasteiger partial charge is 0.330 e. The molecule has 1 saturated carbocycles. The molecular formula is C17H27ClN2. The van der Waals surface area contributed by atoms with E-state index < -0.39 is 0 Å². The van der Waals surface area contributed by atoms with Gasteiger partial charge in [-0.3, -0.25) is 4.90 Å². The van der Waals surface area contributed by atoms with E-state index in [2.05, 4.69) is 29.2 Å². The highest BCUT2D eigenvalue weighted by atomic mass is 35.5. The van der Waals surface area contributed by atoms with Crippen LogP contribution < -0.4 is 5.73 Å². The van der Waals surface area contributed by atoms with Crippen LogP contribution in [0.3, 0.4) is 0 Å². The summed E-state index contributed by atoms with van der Waals surface area (Å²) in [5.74, 6) is 0.869. The molecular weight excluding hydrogens is 268 g/mol. The second-order valence-electron chi connectivity index (χ2n) is 6.21. The Bertz CT molecular complexity index is 398. The molecule has 0 aromatic heterocycles. The third kappa shape index (κ3) is 3.97. The van der Waals surface area contributed by atoms with E-state index in [0.717, 1.165) is 25.4 Å². The Balaban J connectivity index is 0.00000147. The number of piperidine rings is 1. The van der Waals surface area contributed by atoms with Crippen molar-refractivity contribution in [3.8, 4) is 0 Å². The van der Waals surface area contributed by atoms with E-state index >= 15 is 0 Å². The highest BCUT2D eigenvalue weighted by Gasteiger charge is 2.24. The molecule has 1 heterocycles. The Morgan fingerprint density at radius 3 is 2.45 bits per heavy atom. The van der Waals surface area contributed by atoms with Crippen LogP contribution in [0.2, 0.25) is 0 Å². The monoisotopic (exact) mass is 294 g/mol. The maximum absolute atomic E-state index is 5.75. The smallest absolute Gasteiger partial charge is 0.0236 e. The van der Waals surface area contributed by atoms with E-state index in [1.807, 2.05) is 0 Å². The first-order valence-corrected chi connectivity index (χ1v) is 7.90. The van der Waals surface area contributed by atoms with Gasteiger partial charge in [0.1, 0.15) is 0 Å². The molecule has 2 nitrogen and oxygen atoms in total. The summed E-state index contributed by atoms with van der Waals surface area (Å²) in [5.41, 5.74) is 8.76. The summed E-state index contributed by atoms with van der Waals surface area (Å²) in [6.07, 6.45) is 7.99. The van der Waals surface area contributed by atoms with Crippen LogP contribution in [0.25, 0.3) is 0 Å². The van der Waals surface area contributed by atoms with Gasteiger partial charge in [0.2, 0.25) is 0 Å². The standard InChI is InChI=1S/C17H26N2.ClH/c18-11-10-17-3-1-2-12-19(17)13-14-4-6-15(7-5-14)16-8-9-16;/h4-7,16-17H,1-3,8-13,18H2;1H. The van der Waals surface area contributed by atoms with Gasteiger partial charge in [-0.1, -0.05) is 30.7 Å². The molecule has 112 valence electrons. The molecule has 0 radical (unpaired) electrons. The van der Waals surface area contributed by atoms with Crippen molar-refractivity contribution in [2.45, 2.75) is 57.0 Å². The Hall–Kier alpha value is -0.570. The van der Waals surface area contributed by atoms with Crippen molar-refractivity contribution in [1.29, 1.82) is 0 Å². The number of nitrogens with two attached hydrogens (primary N) is 1. The van der Waals surface area contributed by atoms with Gasteiger partial charge < -0.3 is 5.73 Å². The van der Waals surface area contributed by atoms with Crippen molar-refractivity contribution < 1.29 is 0 Å². The van der Waals surface area contributed by atoms with Gasteiger partial charge >= 0.3 is 0 Å². The Labute approximate surface area is 129 Å². The van der Waals surface area contributed by atoms with Crippen molar-refractivity contribution in [3.63, 3.8) is 0 Å². The van der Waals surface area contributed by atoms with E-state index in [0.29, 0.717) is 6.04 Å². The first-order valence-electron chi connectivity index (χ1n) is 7.90. The molecule has 1 unspecified atom stereocenters. The average Bonchev–Trinajstić information content (AvgIpc) is 3.27. The van der Waals surface area contributed by atoms with E-state index in [1.54, 1.807) is 5.56 Å². The van der Waals surface area contributed by atoms with Crippen molar-refractivity contribution in [1.82, 2.24) is 4.90 Å². The summed E-state index contributed by atoms with van der Waals surface area (Å²) in [4.78, 5) is 2.64. The van der Waals surface area contributed by atoms with Gasteiger partial charge in [0, 0.05) is 12.6 Å². The quantitative estimate of drug-likeness (QED) is 0.897. The molecule has 0 bridgehead atoms. The lowest BCUT2D eigenvalue weighted by Gasteiger charge is -2.35. The fourth-order valence-electron chi connectivity index (χ4n) is 3.33. The number of nitrogens with zero attached hydrogens (tertiary/aromatic N) is 1. The second-order valence-corrected chi connectivity index (χ2v) is 6.21. The summed E-state index contributed by atoms with van der Waals surface area (Å²) in [6.45, 7) is 3.17.